The summed E-state index contributed by atoms with van der Waals surface area (Å²) >= 11 is 8.16. The Hall–Kier alpha value is -0.270. The first-order valence-corrected chi connectivity index (χ1v) is 6.08. The van der Waals surface area contributed by atoms with E-state index in [1.807, 2.05) is 6.07 Å². The average Bonchev–Trinajstić information content (AvgIpc) is 2.43. The molecule has 0 fully saturated rings. The summed E-state index contributed by atoms with van der Waals surface area (Å²) in [7, 11) is 0. The highest BCUT2D eigenvalue weighted by Crippen LogP contribution is 2.35. The molecule has 5 heteroatoms. The number of hydrogen-bond acceptors (Lipinski definition) is 3. The van der Waals surface area contributed by atoms with Crippen molar-refractivity contribution in [3.05, 3.63) is 26.6 Å². The van der Waals surface area contributed by atoms with Crippen molar-refractivity contribution in [2.24, 2.45) is 0 Å². The van der Waals surface area contributed by atoms with E-state index in [1.54, 1.807) is 23.5 Å². The molecule has 1 aromatic heterocycles. The fourth-order valence-corrected chi connectivity index (χ4v) is 3.39. The molecule has 0 atom stereocenters. The molecule has 0 aliphatic rings. The maximum atomic E-state index is 10.7. The predicted octanol–water partition coefficient (Wildman–Crippen LogP) is 3.49. The van der Waals surface area contributed by atoms with Gasteiger partial charge in [0.05, 0.1) is 8.45 Å². The molecule has 2 nitrogen and oxygen atoms in total. The van der Waals surface area contributed by atoms with Crippen molar-refractivity contribution in [3.8, 4) is 0 Å². The normalized spacial score (nSPS) is 10.7. The summed E-state index contributed by atoms with van der Waals surface area (Å²) in [5.41, 5.74) is 0.307. The summed E-state index contributed by atoms with van der Waals surface area (Å²) in [6.07, 6.45) is 0. The second kappa shape index (κ2) is 3.71. The van der Waals surface area contributed by atoms with Crippen LogP contribution in [-0.2, 0) is 0 Å². The molecule has 2 aromatic rings. The Balaban J connectivity index is 2.76. The van der Waals surface area contributed by atoms with Gasteiger partial charge in [-0.3, -0.25) is 0 Å². The van der Waals surface area contributed by atoms with E-state index in [2.05, 4.69) is 35.2 Å². The quantitative estimate of drug-likeness (QED) is 0.618. The van der Waals surface area contributed by atoms with Gasteiger partial charge in [0.25, 0.3) is 0 Å². The van der Waals surface area contributed by atoms with Crippen LogP contribution in [0.2, 0.25) is 0 Å². The SMILES string of the molecule is O=C(O)c1ccc2sc(I)c(S)c2c1. The molecule has 0 saturated carbocycles. The van der Waals surface area contributed by atoms with Crippen molar-refractivity contribution in [2.75, 3.05) is 0 Å². The number of carbonyl (C=O) groups is 1. The fraction of sp³-hybridized carbons (Fsp3) is 0. The van der Waals surface area contributed by atoms with Gasteiger partial charge in [-0.2, -0.15) is 0 Å². The minimum Gasteiger partial charge on any atom is -0.478 e. The molecular formula is C9H5IO2S2. The Morgan fingerprint density at radius 1 is 1.50 bits per heavy atom. The lowest BCUT2D eigenvalue weighted by molar-refractivity contribution is 0.0697. The Bertz CT molecular complexity index is 519. The molecule has 14 heavy (non-hydrogen) atoms. The van der Waals surface area contributed by atoms with Crippen LogP contribution in [0.4, 0.5) is 0 Å². The number of benzene rings is 1. The highest BCUT2D eigenvalue weighted by Gasteiger charge is 2.09. The molecule has 0 saturated heterocycles. The summed E-state index contributed by atoms with van der Waals surface area (Å²) in [6, 6.07) is 5.11. The molecule has 0 amide bonds. The molecule has 0 aliphatic heterocycles. The lowest BCUT2D eigenvalue weighted by Crippen LogP contribution is -1.94. The lowest BCUT2D eigenvalue weighted by atomic mass is 10.2. The highest BCUT2D eigenvalue weighted by molar-refractivity contribution is 14.1. The number of carboxylic acid groups (broad SMARTS) is 1. The lowest BCUT2D eigenvalue weighted by Gasteiger charge is -1.94. The Morgan fingerprint density at radius 2 is 2.21 bits per heavy atom. The molecule has 1 aromatic carbocycles. The molecule has 0 aliphatic carbocycles. The molecule has 72 valence electrons. The van der Waals surface area contributed by atoms with E-state index < -0.39 is 5.97 Å². The van der Waals surface area contributed by atoms with Crippen LogP contribution in [0.1, 0.15) is 10.4 Å². The third-order valence-electron chi connectivity index (χ3n) is 1.87. The van der Waals surface area contributed by atoms with Gasteiger partial charge in [-0.05, 0) is 40.8 Å². The number of thiol groups is 1. The van der Waals surface area contributed by atoms with Crippen LogP contribution < -0.4 is 0 Å². The second-order valence-corrected chi connectivity index (χ2v) is 6.05. The van der Waals surface area contributed by atoms with E-state index in [0.717, 1.165) is 17.9 Å². The van der Waals surface area contributed by atoms with Gasteiger partial charge in [-0.25, -0.2) is 4.79 Å². The summed E-state index contributed by atoms with van der Waals surface area (Å²) in [5.74, 6) is -0.902. The summed E-state index contributed by atoms with van der Waals surface area (Å²) in [5, 5.41) is 9.74. The highest BCUT2D eigenvalue weighted by atomic mass is 127. The number of aromatic carboxylic acids is 1. The molecule has 1 heterocycles. The van der Waals surface area contributed by atoms with Crippen LogP contribution in [0.5, 0.6) is 0 Å². The third-order valence-corrected chi connectivity index (χ3v) is 5.07. The molecule has 0 spiro atoms. The molecule has 0 radical (unpaired) electrons. The first kappa shape index (κ1) is 10.3. The topological polar surface area (TPSA) is 37.3 Å². The van der Waals surface area contributed by atoms with Crippen LogP contribution in [0.25, 0.3) is 10.1 Å². The Kier molecular flexibility index (Phi) is 2.72. The van der Waals surface area contributed by atoms with E-state index >= 15 is 0 Å². The Morgan fingerprint density at radius 3 is 2.86 bits per heavy atom. The number of hydrogen-bond donors (Lipinski definition) is 2. The number of halogens is 1. The van der Waals surface area contributed by atoms with Crippen molar-refractivity contribution in [1.29, 1.82) is 0 Å². The van der Waals surface area contributed by atoms with E-state index in [0.29, 0.717) is 5.56 Å². The van der Waals surface area contributed by atoms with Gasteiger partial charge in [-0.15, -0.1) is 24.0 Å². The van der Waals surface area contributed by atoms with Crippen LogP contribution in [0, 0.1) is 2.88 Å². The Labute approximate surface area is 103 Å². The monoisotopic (exact) mass is 336 g/mol. The predicted molar refractivity (Wildman–Crippen MR) is 68.8 cm³/mol. The van der Waals surface area contributed by atoms with Gasteiger partial charge >= 0.3 is 5.97 Å². The maximum absolute atomic E-state index is 10.7. The standard InChI is InChI=1S/C9H5IO2S2/c10-8-7(13)5-3-4(9(11)12)1-2-6(5)14-8/h1-3,13H,(H,11,12). The zero-order chi connectivity index (χ0) is 10.3. The second-order valence-electron chi connectivity index (χ2n) is 2.74. The van der Waals surface area contributed by atoms with E-state index in [1.165, 1.54) is 0 Å². The van der Waals surface area contributed by atoms with Gasteiger partial charge in [0.15, 0.2) is 0 Å². The van der Waals surface area contributed by atoms with Crippen molar-refractivity contribution in [2.45, 2.75) is 4.90 Å². The zero-order valence-corrected chi connectivity index (χ0v) is 10.7. The maximum Gasteiger partial charge on any atom is 0.335 e. The van der Waals surface area contributed by atoms with Gasteiger partial charge in [0.2, 0.25) is 0 Å². The van der Waals surface area contributed by atoms with Crippen molar-refractivity contribution < 1.29 is 9.90 Å². The molecule has 1 N–H and O–H groups in total. The van der Waals surface area contributed by atoms with Crippen LogP contribution >= 0.6 is 46.6 Å². The fourth-order valence-electron chi connectivity index (χ4n) is 1.19. The van der Waals surface area contributed by atoms with E-state index in [9.17, 15) is 4.79 Å². The number of rotatable bonds is 1. The number of carboxylic acids is 1. The van der Waals surface area contributed by atoms with Gasteiger partial charge < -0.3 is 5.11 Å². The first-order chi connectivity index (χ1) is 6.59. The molecule has 2 rings (SSSR count). The zero-order valence-electron chi connectivity index (χ0n) is 6.82. The number of thiophene rings is 1. The van der Waals surface area contributed by atoms with Crippen molar-refractivity contribution in [1.82, 2.24) is 0 Å². The average molecular weight is 336 g/mol. The van der Waals surface area contributed by atoms with E-state index in [4.69, 9.17) is 5.11 Å². The summed E-state index contributed by atoms with van der Waals surface area (Å²) in [6.45, 7) is 0. The number of fused-ring (bicyclic) bond motifs is 1. The van der Waals surface area contributed by atoms with E-state index in [-0.39, 0.29) is 0 Å². The molecular weight excluding hydrogens is 331 g/mol. The largest absolute Gasteiger partial charge is 0.478 e. The van der Waals surface area contributed by atoms with Crippen LogP contribution in [0.15, 0.2) is 23.1 Å². The summed E-state index contributed by atoms with van der Waals surface area (Å²) < 4.78 is 2.16. The van der Waals surface area contributed by atoms with Gasteiger partial charge in [0.1, 0.15) is 0 Å². The molecule has 0 bridgehead atoms. The minimum atomic E-state index is -0.902. The minimum absolute atomic E-state index is 0.307. The van der Waals surface area contributed by atoms with Gasteiger partial charge in [0, 0.05) is 15.0 Å². The third kappa shape index (κ3) is 1.64. The van der Waals surface area contributed by atoms with Crippen molar-refractivity contribution in [3.63, 3.8) is 0 Å². The molecule has 0 unspecified atom stereocenters. The first-order valence-electron chi connectivity index (χ1n) is 3.74. The van der Waals surface area contributed by atoms with Gasteiger partial charge in [-0.1, -0.05) is 0 Å². The smallest absolute Gasteiger partial charge is 0.335 e. The summed E-state index contributed by atoms with van der Waals surface area (Å²) in [4.78, 5) is 11.6. The van der Waals surface area contributed by atoms with Crippen LogP contribution in [-0.4, -0.2) is 11.1 Å². The van der Waals surface area contributed by atoms with Crippen LogP contribution in [0.3, 0.4) is 0 Å². The van der Waals surface area contributed by atoms with Crippen molar-refractivity contribution >= 4 is 62.6 Å².